The smallest absolute Gasteiger partial charge is 0.336 e. The van der Waals surface area contributed by atoms with E-state index in [2.05, 4.69) is 5.32 Å². The highest BCUT2D eigenvalue weighted by Gasteiger charge is 2.07. The first-order valence-electron chi connectivity index (χ1n) is 5.06. The summed E-state index contributed by atoms with van der Waals surface area (Å²) in [6.07, 6.45) is 0. The molecule has 2 rings (SSSR count). The van der Waals surface area contributed by atoms with Crippen LogP contribution in [-0.2, 0) is 6.54 Å². The quantitative estimate of drug-likeness (QED) is 0.897. The van der Waals surface area contributed by atoms with E-state index >= 15 is 0 Å². The van der Waals surface area contributed by atoms with Gasteiger partial charge in [0.1, 0.15) is 5.82 Å². The van der Waals surface area contributed by atoms with Crippen LogP contribution in [0.1, 0.15) is 15.2 Å². The molecule has 0 fully saturated rings. The van der Waals surface area contributed by atoms with Crippen LogP contribution in [0, 0.1) is 5.82 Å². The van der Waals surface area contributed by atoms with Crippen LogP contribution in [0.15, 0.2) is 29.6 Å². The molecule has 2 aromatic rings. The maximum absolute atomic E-state index is 13.4. The summed E-state index contributed by atoms with van der Waals surface area (Å²) in [7, 11) is 0. The Morgan fingerprint density at radius 1 is 1.44 bits per heavy atom. The summed E-state index contributed by atoms with van der Waals surface area (Å²) in [5.41, 5.74) is 0.582. The highest BCUT2D eigenvalue weighted by atomic mass is 35.5. The molecule has 0 saturated heterocycles. The van der Waals surface area contributed by atoms with Crippen molar-refractivity contribution >= 4 is 34.6 Å². The van der Waals surface area contributed by atoms with Crippen molar-refractivity contribution in [3.63, 3.8) is 0 Å². The summed E-state index contributed by atoms with van der Waals surface area (Å²) < 4.78 is 13.4. The lowest BCUT2D eigenvalue weighted by Crippen LogP contribution is -2.00. The van der Waals surface area contributed by atoms with E-state index in [1.165, 1.54) is 17.4 Å². The molecule has 0 bridgehead atoms. The van der Waals surface area contributed by atoms with Crippen molar-refractivity contribution in [3.05, 3.63) is 50.9 Å². The third-order valence-corrected chi connectivity index (χ3v) is 3.46. The van der Waals surface area contributed by atoms with Crippen LogP contribution in [0.2, 0.25) is 5.02 Å². The summed E-state index contributed by atoms with van der Waals surface area (Å²) in [4.78, 5) is 11.5. The van der Waals surface area contributed by atoms with E-state index in [9.17, 15) is 9.18 Å². The molecular formula is C12H9ClFNO2S. The van der Waals surface area contributed by atoms with Gasteiger partial charge in [-0.2, -0.15) is 0 Å². The van der Waals surface area contributed by atoms with Gasteiger partial charge in [-0.3, -0.25) is 0 Å². The van der Waals surface area contributed by atoms with Gasteiger partial charge in [-0.15, -0.1) is 11.3 Å². The standard InChI is InChI=1S/C12H9ClFNO2S/c13-8-1-2-11(10(14)4-8)15-5-9-3-7(6-18-9)12(16)17/h1-4,6,15H,5H2,(H,16,17). The number of nitrogens with one attached hydrogen (secondary N) is 1. The maximum atomic E-state index is 13.4. The Balaban J connectivity index is 2.04. The molecule has 94 valence electrons. The summed E-state index contributed by atoms with van der Waals surface area (Å²) in [6, 6.07) is 5.92. The second-order valence-corrected chi connectivity index (χ2v) is 5.02. The van der Waals surface area contributed by atoms with Crippen LogP contribution in [0.5, 0.6) is 0 Å². The number of carboxylic acids is 1. The average molecular weight is 286 g/mol. The first-order valence-corrected chi connectivity index (χ1v) is 6.31. The largest absolute Gasteiger partial charge is 0.478 e. The number of anilines is 1. The second-order valence-electron chi connectivity index (χ2n) is 3.58. The zero-order chi connectivity index (χ0) is 13.1. The first-order chi connectivity index (χ1) is 8.56. The van der Waals surface area contributed by atoms with Gasteiger partial charge in [-0.25, -0.2) is 9.18 Å². The van der Waals surface area contributed by atoms with E-state index < -0.39 is 11.8 Å². The van der Waals surface area contributed by atoms with E-state index in [0.717, 1.165) is 4.88 Å². The minimum Gasteiger partial charge on any atom is -0.478 e. The van der Waals surface area contributed by atoms with Gasteiger partial charge in [0, 0.05) is 21.8 Å². The maximum Gasteiger partial charge on any atom is 0.336 e. The Morgan fingerprint density at radius 3 is 2.83 bits per heavy atom. The molecule has 0 aliphatic carbocycles. The molecule has 0 radical (unpaired) electrons. The van der Waals surface area contributed by atoms with Gasteiger partial charge in [0.15, 0.2) is 0 Å². The van der Waals surface area contributed by atoms with E-state index in [1.807, 2.05) is 0 Å². The van der Waals surface area contributed by atoms with Crippen molar-refractivity contribution in [2.24, 2.45) is 0 Å². The van der Waals surface area contributed by atoms with Crippen molar-refractivity contribution in [3.8, 4) is 0 Å². The highest BCUT2D eigenvalue weighted by molar-refractivity contribution is 7.10. The van der Waals surface area contributed by atoms with Gasteiger partial charge < -0.3 is 10.4 Å². The number of hydrogen-bond donors (Lipinski definition) is 2. The second kappa shape index (κ2) is 5.37. The van der Waals surface area contributed by atoms with Crippen molar-refractivity contribution in [2.45, 2.75) is 6.54 Å². The lowest BCUT2D eigenvalue weighted by molar-refractivity contribution is 0.0697. The summed E-state index contributed by atoms with van der Waals surface area (Å²) in [5, 5.41) is 13.6. The molecule has 2 N–H and O–H groups in total. The molecule has 1 aromatic heterocycles. The molecule has 18 heavy (non-hydrogen) atoms. The molecule has 0 atom stereocenters. The fraction of sp³-hybridized carbons (Fsp3) is 0.0833. The molecule has 0 amide bonds. The molecule has 0 unspecified atom stereocenters. The zero-order valence-corrected chi connectivity index (χ0v) is 10.7. The molecular weight excluding hydrogens is 277 g/mol. The van der Waals surface area contributed by atoms with Crippen LogP contribution in [0.4, 0.5) is 10.1 Å². The number of thiophene rings is 1. The van der Waals surface area contributed by atoms with Crippen LogP contribution >= 0.6 is 22.9 Å². The molecule has 1 heterocycles. The van der Waals surface area contributed by atoms with Gasteiger partial charge in [0.2, 0.25) is 0 Å². The Labute approximate surface area is 112 Å². The van der Waals surface area contributed by atoms with Crippen LogP contribution in [0.25, 0.3) is 0 Å². The fourth-order valence-corrected chi connectivity index (χ4v) is 2.36. The lowest BCUT2D eigenvalue weighted by atomic mass is 10.3. The van der Waals surface area contributed by atoms with Gasteiger partial charge in [-0.1, -0.05) is 11.6 Å². The molecule has 1 aromatic carbocycles. The Bertz CT molecular complexity index is 585. The SMILES string of the molecule is O=C(O)c1csc(CNc2ccc(Cl)cc2F)c1. The number of rotatable bonds is 4. The average Bonchev–Trinajstić information content (AvgIpc) is 2.76. The van der Waals surface area contributed by atoms with E-state index in [1.54, 1.807) is 23.6 Å². The number of benzene rings is 1. The van der Waals surface area contributed by atoms with E-state index in [0.29, 0.717) is 17.3 Å². The van der Waals surface area contributed by atoms with E-state index in [4.69, 9.17) is 16.7 Å². The van der Waals surface area contributed by atoms with Gasteiger partial charge in [0.05, 0.1) is 11.3 Å². The van der Waals surface area contributed by atoms with Crippen LogP contribution in [0.3, 0.4) is 0 Å². The normalized spacial score (nSPS) is 10.3. The minimum absolute atomic E-state index is 0.244. The van der Waals surface area contributed by atoms with Crippen molar-refractivity contribution in [2.75, 3.05) is 5.32 Å². The van der Waals surface area contributed by atoms with Crippen molar-refractivity contribution < 1.29 is 14.3 Å². The molecule has 0 saturated carbocycles. The molecule has 3 nitrogen and oxygen atoms in total. The Kier molecular flexibility index (Phi) is 3.84. The number of carbonyl (C=O) groups is 1. The molecule has 0 aliphatic heterocycles. The van der Waals surface area contributed by atoms with E-state index in [-0.39, 0.29) is 5.56 Å². The Morgan fingerprint density at radius 2 is 2.22 bits per heavy atom. The fourth-order valence-electron chi connectivity index (χ4n) is 1.40. The minimum atomic E-state index is -0.963. The summed E-state index contributed by atoms with van der Waals surface area (Å²) in [5.74, 6) is -1.40. The molecule has 0 spiro atoms. The predicted molar refractivity (Wildman–Crippen MR) is 70.0 cm³/mol. The zero-order valence-electron chi connectivity index (χ0n) is 9.11. The molecule has 0 aliphatic rings. The van der Waals surface area contributed by atoms with Gasteiger partial charge >= 0.3 is 5.97 Å². The van der Waals surface area contributed by atoms with Gasteiger partial charge in [-0.05, 0) is 24.3 Å². The highest BCUT2D eigenvalue weighted by Crippen LogP contribution is 2.21. The number of halogens is 2. The number of hydrogen-bond acceptors (Lipinski definition) is 3. The summed E-state index contributed by atoms with van der Waals surface area (Å²) in [6.45, 7) is 0.372. The molecule has 6 heteroatoms. The number of aromatic carboxylic acids is 1. The van der Waals surface area contributed by atoms with Crippen molar-refractivity contribution in [1.82, 2.24) is 0 Å². The predicted octanol–water partition coefficient (Wildman–Crippen LogP) is 3.85. The lowest BCUT2D eigenvalue weighted by Gasteiger charge is -2.06. The monoisotopic (exact) mass is 285 g/mol. The third kappa shape index (κ3) is 3.00. The Hall–Kier alpha value is -1.59. The van der Waals surface area contributed by atoms with Gasteiger partial charge in [0.25, 0.3) is 0 Å². The van der Waals surface area contributed by atoms with Crippen LogP contribution < -0.4 is 5.32 Å². The topological polar surface area (TPSA) is 49.3 Å². The van der Waals surface area contributed by atoms with Crippen molar-refractivity contribution in [1.29, 1.82) is 0 Å². The van der Waals surface area contributed by atoms with Crippen LogP contribution in [-0.4, -0.2) is 11.1 Å². The third-order valence-electron chi connectivity index (χ3n) is 2.28. The summed E-state index contributed by atoms with van der Waals surface area (Å²) >= 11 is 6.96. The number of carboxylic acid groups (broad SMARTS) is 1. The first kappa shape index (κ1) is 12.9.